The van der Waals surface area contributed by atoms with Gasteiger partial charge < -0.3 is 5.73 Å². The summed E-state index contributed by atoms with van der Waals surface area (Å²) in [6.07, 6.45) is 2.20. The van der Waals surface area contributed by atoms with E-state index in [4.69, 9.17) is 28.9 Å². The number of rotatable bonds is 3. The molecule has 1 aromatic rings. The Labute approximate surface area is 129 Å². The van der Waals surface area contributed by atoms with Crippen molar-refractivity contribution in [2.75, 3.05) is 0 Å². The minimum absolute atomic E-state index is 0. The van der Waals surface area contributed by atoms with Gasteiger partial charge >= 0.3 is 0 Å². The predicted molar refractivity (Wildman–Crippen MR) is 79.6 cm³/mol. The maximum atomic E-state index is 12.2. The van der Waals surface area contributed by atoms with Crippen molar-refractivity contribution >= 4 is 45.6 Å². The second-order valence-corrected chi connectivity index (χ2v) is 6.91. The van der Waals surface area contributed by atoms with Gasteiger partial charge in [0.2, 0.25) is 10.0 Å². The molecule has 1 aliphatic rings. The molecule has 0 saturated heterocycles. The Morgan fingerprint density at radius 1 is 1.21 bits per heavy atom. The van der Waals surface area contributed by atoms with Gasteiger partial charge in [0.25, 0.3) is 0 Å². The molecule has 108 valence electrons. The van der Waals surface area contributed by atoms with Gasteiger partial charge in [0, 0.05) is 12.1 Å². The highest BCUT2D eigenvalue weighted by atomic mass is 35.5. The van der Waals surface area contributed by atoms with Gasteiger partial charge in [-0.3, -0.25) is 0 Å². The Hall–Kier alpha value is -0.0400. The molecule has 1 fully saturated rings. The van der Waals surface area contributed by atoms with Crippen molar-refractivity contribution in [1.82, 2.24) is 4.72 Å². The molecule has 2 atom stereocenters. The van der Waals surface area contributed by atoms with E-state index in [0.717, 1.165) is 12.8 Å². The van der Waals surface area contributed by atoms with E-state index in [1.807, 2.05) is 0 Å². The van der Waals surface area contributed by atoms with Crippen molar-refractivity contribution in [3.8, 4) is 0 Å². The smallest absolute Gasteiger partial charge is 0.243 e. The zero-order chi connectivity index (χ0) is 13.3. The summed E-state index contributed by atoms with van der Waals surface area (Å²) in [4.78, 5) is -0.0613. The third-order valence-corrected chi connectivity index (χ3v) is 5.46. The Kier molecular flexibility index (Phi) is 5.92. The molecule has 1 saturated carbocycles. The number of sulfonamides is 1. The van der Waals surface area contributed by atoms with Crippen LogP contribution in [-0.2, 0) is 10.0 Å². The van der Waals surface area contributed by atoms with Gasteiger partial charge in [-0.1, -0.05) is 29.3 Å². The fourth-order valence-corrected chi connectivity index (χ4v) is 4.57. The van der Waals surface area contributed by atoms with Gasteiger partial charge in [-0.05, 0) is 31.4 Å². The summed E-state index contributed by atoms with van der Waals surface area (Å²) in [6.45, 7) is 0. The molecule has 0 bridgehead atoms. The normalized spacial score (nSPS) is 23.1. The Morgan fingerprint density at radius 2 is 1.79 bits per heavy atom. The average Bonchev–Trinajstić information content (AvgIpc) is 2.62. The molecule has 1 aromatic carbocycles. The van der Waals surface area contributed by atoms with E-state index >= 15 is 0 Å². The van der Waals surface area contributed by atoms with Crippen LogP contribution in [0.15, 0.2) is 23.1 Å². The molecule has 0 heterocycles. The summed E-state index contributed by atoms with van der Waals surface area (Å²) in [5.41, 5.74) is 5.76. The second kappa shape index (κ2) is 6.61. The molecule has 2 rings (SSSR count). The van der Waals surface area contributed by atoms with E-state index in [-0.39, 0.29) is 39.4 Å². The lowest BCUT2D eigenvalue weighted by atomic mass is 10.2. The van der Waals surface area contributed by atoms with Crippen LogP contribution in [0, 0.1) is 0 Å². The Morgan fingerprint density at radius 3 is 2.26 bits per heavy atom. The number of hydrogen-bond acceptors (Lipinski definition) is 3. The van der Waals surface area contributed by atoms with Gasteiger partial charge in [-0.25, -0.2) is 13.1 Å². The molecule has 19 heavy (non-hydrogen) atoms. The first-order valence-electron chi connectivity index (χ1n) is 5.62. The monoisotopic (exact) mass is 344 g/mol. The minimum Gasteiger partial charge on any atom is -0.328 e. The molecule has 0 radical (unpaired) electrons. The maximum absolute atomic E-state index is 12.2. The lowest BCUT2D eigenvalue weighted by Crippen LogP contribution is -2.34. The topological polar surface area (TPSA) is 72.2 Å². The van der Waals surface area contributed by atoms with Crippen LogP contribution >= 0.6 is 35.6 Å². The van der Waals surface area contributed by atoms with Crippen LogP contribution in [0.4, 0.5) is 0 Å². The van der Waals surface area contributed by atoms with Gasteiger partial charge in [-0.2, -0.15) is 0 Å². The van der Waals surface area contributed by atoms with E-state index < -0.39 is 10.0 Å². The largest absolute Gasteiger partial charge is 0.328 e. The van der Waals surface area contributed by atoms with Crippen LogP contribution in [0.3, 0.4) is 0 Å². The molecular formula is C11H15Cl3N2O2S. The molecule has 4 nitrogen and oxygen atoms in total. The highest BCUT2D eigenvalue weighted by Crippen LogP contribution is 2.30. The lowest BCUT2D eigenvalue weighted by Gasteiger charge is -2.14. The first-order valence-corrected chi connectivity index (χ1v) is 7.86. The van der Waals surface area contributed by atoms with Crippen LogP contribution in [0.25, 0.3) is 0 Å². The number of nitrogens with two attached hydrogens (primary N) is 1. The standard InChI is InChI=1S/C11H14Cl2N2O2S.ClH/c12-9-2-1-3-10(13)11(9)18(16,17)15-8-5-4-7(14)6-8;/h1-3,7-8,15H,4-6,14H2;1H/t7-,8-;/m1./s1. The van der Waals surface area contributed by atoms with Crippen molar-refractivity contribution in [3.05, 3.63) is 28.2 Å². The van der Waals surface area contributed by atoms with Crippen molar-refractivity contribution < 1.29 is 8.42 Å². The Bertz CT molecular complexity index is 531. The van der Waals surface area contributed by atoms with Gasteiger partial charge in [0.1, 0.15) is 4.90 Å². The van der Waals surface area contributed by atoms with Crippen LogP contribution < -0.4 is 10.5 Å². The zero-order valence-corrected chi connectivity index (χ0v) is 13.1. The number of halogens is 3. The van der Waals surface area contributed by atoms with Crippen LogP contribution in [0.5, 0.6) is 0 Å². The lowest BCUT2D eigenvalue weighted by molar-refractivity contribution is 0.549. The van der Waals surface area contributed by atoms with Crippen molar-refractivity contribution in [2.24, 2.45) is 5.73 Å². The summed E-state index contributed by atoms with van der Waals surface area (Å²) in [5, 5.41) is 0.245. The van der Waals surface area contributed by atoms with Crippen molar-refractivity contribution in [3.63, 3.8) is 0 Å². The molecule has 1 aliphatic carbocycles. The fraction of sp³-hybridized carbons (Fsp3) is 0.455. The molecule has 0 unspecified atom stereocenters. The Balaban J connectivity index is 0.00000180. The number of nitrogens with one attached hydrogen (secondary N) is 1. The van der Waals surface area contributed by atoms with Crippen LogP contribution in [-0.4, -0.2) is 20.5 Å². The van der Waals surface area contributed by atoms with Gasteiger partial charge in [-0.15, -0.1) is 12.4 Å². The molecular weight excluding hydrogens is 331 g/mol. The molecule has 0 aliphatic heterocycles. The first kappa shape index (κ1) is 17.0. The molecule has 8 heteroatoms. The second-order valence-electron chi connectivity index (χ2n) is 4.44. The van der Waals surface area contributed by atoms with Crippen molar-refractivity contribution in [2.45, 2.75) is 36.2 Å². The van der Waals surface area contributed by atoms with E-state index in [2.05, 4.69) is 4.72 Å². The summed E-state index contributed by atoms with van der Waals surface area (Å²) >= 11 is 11.8. The minimum atomic E-state index is -3.70. The molecule has 3 N–H and O–H groups in total. The van der Waals surface area contributed by atoms with Gasteiger partial charge in [0.15, 0.2) is 0 Å². The first-order chi connectivity index (χ1) is 8.40. The SMILES string of the molecule is Cl.N[C@@H]1CC[C@@H](NS(=O)(=O)c2c(Cl)cccc2Cl)C1. The highest BCUT2D eigenvalue weighted by molar-refractivity contribution is 7.89. The van der Waals surface area contributed by atoms with E-state index in [1.54, 1.807) is 6.07 Å². The zero-order valence-electron chi connectivity index (χ0n) is 9.97. The quantitative estimate of drug-likeness (QED) is 0.884. The third-order valence-electron chi connectivity index (χ3n) is 2.98. The van der Waals surface area contributed by atoms with E-state index in [1.165, 1.54) is 12.1 Å². The van der Waals surface area contributed by atoms with E-state index in [0.29, 0.717) is 6.42 Å². The van der Waals surface area contributed by atoms with Crippen LogP contribution in [0.1, 0.15) is 19.3 Å². The fourth-order valence-electron chi connectivity index (χ4n) is 2.14. The van der Waals surface area contributed by atoms with E-state index in [9.17, 15) is 8.42 Å². The third kappa shape index (κ3) is 3.97. The molecule has 0 aromatic heterocycles. The van der Waals surface area contributed by atoms with Gasteiger partial charge in [0.05, 0.1) is 10.0 Å². The average molecular weight is 346 g/mol. The number of hydrogen-bond donors (Lipinski definition) is 2. The predicted octanol–water partition coefficient (Wildman–Crippen LogP) is 2.57. The van der Waals surface area contributed by atoms with Crippen molar-refractivity contribution in [1.29, 1.82) is 0 Å². The summed E-state index contributed by atoms with van der Waals surface area (Å²) < 4.78 is 27.0. The highest BCUT2D eigenvalue weighted by Gasteiger charge is 2.29. The summed E-state index contributed by atoms with van der Waals surface area (Å²) in [7, 11) is -3.70. The molecule has 0 amide bonds. The maximum Gasteiger partial charge on any atom is 0.243 e. The summed E-state index contributed by atoms with van der Waals surface area (Å²) in [5.74, 6) is 0. The molecule has 0 spiro atoms. The van der Waals surface area contributed by atoms with Crippen LogP contribution in [0.2, 0.25) is 10.0 Å². The number of benzene rings is 1. The summed E-state index contributed by atoms with van der Waals surface area (Å²) in [6, 6.07) is 4.52.